The first-order valence-corrected chi connectivity index (χ1v) is 10.3. The first kappa shape index (κ1) is 22.2. The third-order valence-corrected chi connectivity index (χ3v) is 4.82. The van der Waals surface area contributed by atoms with E-state index in [-0.39, 0.29) is 23.6 Å². The van der Waals surface area contributed by atoms with Gasteiger partial charge in [-0.25, -0.2) is 4.79 Å². The Hall–Kier alpha value is -3.52. The minimum Gasteiger partial charge on any atom is -0.445 e. The maximum absolute atomic E-state index is 12.8. The van der Waals surface area contributed by atoms with E-state index in [0.29, 0.717) is 10.2 Å². The predicted molar refractivity (Wildman–Crippen MR) is 120 cm³/mol. The van der Waals surface area contributed by atoms with Crippen LogP contribution in [-0.4, -0.2) is 28.8 Å². The minimum atomic E-state index is -0.885. The monoisotopic (exact) mass is 481 g/mol. The third-order valence-electron chi connectivity index (χ3n) is 4.32. The zero-order valence-corrected chi connectivity index (χ0v) is 18.3. The minimum absolute atomic E-state index is 0.0937. The highest BCUT2D eigenvalue weighted by Crippen LogP contribution is 2.23. The van der Waals surface area contributed by atoms with Gasteiger partial charge < -0.3 is 15.4 Å². The molecule has 2 aromatic carbocycles. The van der Waals surface area contributed by atoms with E-state index in [4.69, 9.17) is 4.74 Å². The molecule has 0 saturated heterocycles. The van der Waals surface area contributed by atoms with Crippen LogP contribution in [0.5, 0.6) is 0 Å². The number of rotatable bonds is 7. The van der Waals surface area contributed by atoms with Gasteiger partial charge in [0.05, 0.1) is 5.69 Å². The van der Waals surface area contributed by atoms with E-state index in [2.05, 4.69) is 31.5 Å². The molecular formula is C23H20BrN3O4. The molecule has 8 heteroatoms. The molecule has 0 aliphatic carbocycles. The van der Waals surface area contributed by atoms with Crippen molar-refractivity contribution in [2.45, 2.75) is 19.6 Å². The van der Waals surface area contributed by atoms with Crippen LogP contribution in [0.3, 0.4) is 0 Å². The van der Waals surface area contributed by atoms with E-state index in [1.54, 1.807) is 36.4 Å². The number of anilines is 1. The summed E-state index contributed by atoms with van der Waals surface area (Å²) in [5, 5.41) is 5.17. The summed E-state index contributed by atoms with van der Waals surface area (Å²) in [7, 11) is 0. The summed E-state index contributed by atoms with van der Waals surface area (Å²) in [6, 6.07) is 18.3. The van der Waals surface area contributed by atoms with Crippen molar-refractivity contribution in [3.05, 3.63) is 94.2 Å². The lowest BCUT2D eigenvalue weighted by Crippen LogP contribution is -2.42. The van der Waals surface area contributed by atoms with Gasteiger partial charge in [0.25, 0.3) is 0 Å². The largest absolute Gasteiger partial charge is 0.445 e. The van der Waals surface area contributed by atoms with Gasteiger partial charge in [-0.2, -0.15) is 0 Å². The number of pyridine rings is 1. The van der Waals surface area contributed by atoms with Crippen molar-refractivity contribution < 1.29 is 19.1 Å². The van der Waals surface area contributed by atoms with E-state index < -0.39 is 18.0 Å². The molecule has 158 valence electrons. The van der Waals surface area contributed by atoms with E-state index in [9.17, 15) is 14.4 Å². The van der Waals surface area contributed by atoms with Crippen molar-refractivity contribution in [2.24, 2.45) is 0 Å². The molecule has 3 aromatic rings. The Labute approximate surface area is 188 Å². The summed E-state index contributed by atoms with van der Waals surface area (Å²) in [6.07, 6.45) is 0.809. The fourth-order valence-electron chi connectivity index (χ4n) is 2.70. The SMILES string of the molecule is C[C@H](NC(=O)OCc1ccccc1)C(=O)Nc1ccc(Br)cc1C(=O)c1ccccn1. The van der Waals surface area contributed by atoms with Gasteiger partial charge in [0, 0.05) is 16.2 Å². The molecule has 0 spiro atoms. The van der Waals surface area contributed by atoms with Gasteiger partial charge in [0.2, 0.25) is 11.7 Å². The van der Waals surface area contributed by atoms with Crippen LogP contribution in [0.1, 0.15) is 28.5 Å². The average Bonchev–Trinajstić information content (AvgIpc) is 2.79. The molecular weight excluding hydrogens is 462 g/mol. The van der Waals surface area contributed by atoms with Crippen LogP contribution in [0.15, 0.2) is 77.4 Å². The fourth-order valence-corrected chi connectivity index (χ4v) is 3.06. The fraction of sp³-hybridized carbons (Fsp3) is 0.130. The normalized spacial score (nSPS) is 11.3. The average molecular weight is 482 g/mol. The van der Waals surface area contributed by atoms with E-state index in [1.807, 2.05) is 30.3 Å². The topological polar surface area (TPSA) is 97.4 Å². The molecule has 0 radical (unpaired) electrons. The molecule has 1 heterocycles. The number of hydrogen-bond acceptors (Lipinski definition) is 5. The molecule has 0 aliphatic heterocycles. The summed E-state index contributed by atoms with van der Waals surface area (Å²) in [5.41, 5.74) is 1.68. The molecule has 0 aliphatic rings. The van der Waals surface area contributed by atoms with E-state index in [0.717, 1.165) is 5.56 Å². The van der Waals surface area contributed by atoms with E-state index in [1.165, 1.54) is 13.1 Å². The molecule has 0 bridgehead atoms. The van der Waals surface area contributed by atoms with Crippen molar-refractivity contribution in [2.75, 3.05) is 5.32 Å². The van der Waals surface area contributed by atoms with Crippen LogP contribution in [0.25, 0.3) is 0 Å². The Morgan fingerprint density at radius 2 is 1.77 bits per heavy atom. The third kappa shape index (κ3) is 6.23. The molecule has 2 amide bonds. The number of amides is 2. The molecule has 31 heavy (non-hydrogen) atoms. The quantitative estimate of drug-likeness (QED) is 0.489. The highest BCUT2D eigenvalue weighted by molar-refractivity contribution is 9.10. The summed E-state index contributed by atoms with van der Waals surface area (Å²) in [6.45, 7) is 1.62. The van der Waals surface area contributed by atoms with E-state index >= 15 is 0 Å². The Balaban J connectivity index is 1.64. The van der Waals surface area contributed by atoms with Gasteiger partial charge in [0.1, 0.15) is 18.3 Å². The summed E-state index contributed by atoms with van der Waals surface area (Å²) < 4.78 is 5.82. The highest BCUT2D eigenvalue weighted by Gasteiger charge is 2.21. The molecule has 7 nitrogen and oxygen atoms in total. The molecule has 0 fully saturated rings. The number of ether oxygens (including phenoxy) is 1. The van der Waals surface area contributed by atoms with Crippen LogP contribution in [0, 0.1) is 0 Å². The Kier molecular flexibility index (Phi) is 7.50. The number of hydrogen-bond donors (Lipinski definition) is 2. The lowest BCUT2D eigenvalue weighted by atomic mass is 10.1. The first-order valence-electron chi connectivity index (χ1n) is 9.47. The smallest absolute Gasteiger partial charge is 0.408 e. The summed E-state index contributed by atoms with van der Waals surface area (Å²) in [4.78, 5) is 41.5. The molecule has 0 saturated carbocycles. The second-order valence-corrected chi connectivity index (χ2v) is 7.57. The van der Waals surface area contributed by atoms with Crippen LogP contribution in [-0.2, 0) is 16.1 Å². The number of nitrogens with one attached hydrogen (secondary N) is 2. The van der Waals surface area contributed by atoms with Crippen molar-refractivity contribution in [1.82, 2.24) is 10.3 Å². The molecule has 1 atom stereocenters. The van der Waals surface area contributed by atoms with Gasteiger partial charge in [-0.1, -0.05) is 52.3 Å². The summed E-state index contributed by atoms with van der Waals surface area (Å²) >= 11 is 3.34. The van der Waals surface area contributed by atoms with Gasteiger partial charge in [0.15, 0.2) is 0 Å². The van der Waals surface area contributed by atoms with Crippen LogP contribution in [0.4, 0.5) is 10.5 Å². The zero-order valence-electron chi connectivity index (χ0n) is 16.7. The number of alkyl carbamates (subject to hydrolysis) is 1. The second kappa shape index (κ2) is 10.5. The lowest BCUT2D eigenvalue weighted by molar-refractivity contribution is -0.117. The Morgan fingerprint density at radius 1 is 1.03 bits per heavy atom. The van der Waals surface area contributed by atoms with Gasteiger partial charge >= 0.3 is 6.09 Å². The molecule has 0 unspecified atom stereocenters. The van der Waals surface area contributed by atoms with Crippen molar-refractivity contribution in [3.63, 3.8) is 0 Å². The maximum atomic E-state index is 12.8. The van der Waals surface area contributed by atoms with Crippen molar-refractivity contribution in [1.29, 1.82) is 0 Å². The van der Waals surface area contributed by atoms with Gasteiger partial charge in [-0.15, -0.1) is 0 Å². The van der Waals surface area contributed by atoms with Crippen molar-refractivity contribution in [3.8, 4) is 0 Å². The number of ketones is 1. The first-order chi connectivity index (χ1) is 14.9. The van der Waals surface area contributed by atoms with Crippen LogP contribution < -0.4 is 10.6 Å². The molecule has 2 N–H and O–H groups in total. The van der Waals surface area contributed by atoms with Crippen LogP contribution in [0.2, 0.25) is 0 Å². The maximum Gasteiger partial charge on any atom is 0.408 e. The van der Waals surface area contributed by atoms with Crippen molar-refractivity contribution >= 4 is 39.4 Å². The zero-order chi connectivity index (χ0) is 22.2. The molecule has 3 rings (SSSR count). The number of carbonyl (C=O) groups excluding carboxylic acids is 3. The highest BCUT2D eigenvalue weighted by atomic mass is 79.9. The Bertz CT molecular complexity index is 1070. The van der Waals surface area contributed by atoms with Gasteiger partial charge in [-0.3, -0.25) is 14.6 Å². The number of nitrogens with zero attached hydrogens (tertiary/aromatic N) is 1. The lowest BCUT2D eigenvalue weighted by Gasteiger charge is -2.16. The summed E-state index contributed by atoms with van der Waals surface area (Å²) in [5.74, 6) is -0.825. The number of aromatic nitrogens is 1. The number of benzene rings is 2. The van der Waals surface area contributed by atoms with Crippen LogP contribution >= 0.6 is 15.9 Å². The van der Waals surface area contributed by atoms with Gasteiger partial charge in [-0.05, 0) is 42.8 Å². The second-order valence-electron chi connectivity index (χ2n) is 6.65. The predicted octanol–water partition coefficient (Wildman–Crippen LogP) is 4.33. The Morgan fingerprint density at radius 3 is 2.48 bits per heavy atom. The molecule has 1 aromatic heterocycles. The standard InChI is InChI=1S/C23H20BrN3O4/c1-15(26-23(30)31-14-16-7-3-2-4-8-16)22(29)27-19-11-10-17(24)13-18(19)21(28)20-9-5-6-12-25-20/h2-13,15H,14H2,1H3,(H,26,30)(H,27,29)/t15-/m0/s1. The number of halogens is 1. The number of carbonyl (C=O) groups is 3.